The Bertz CT molecular complexity index is 747. The molecule has 1 aromatic carbocycles. The fraction of sp³-hybridized carbons (Fsp3) is 0.636. The summed E-state index contributed by atoms with van der Waals surface area (Å²) in [6.45, 7) is 14.4. The van der Waals surface area contributed by atoms with Crippen LogP contribution in [0.2, 0.25) is 18.1 Å². The third kappa shape index (κ3) is 3.52. The van der Waals surface area contributed by atoms with Crippen LogP contribution in [-0.2, 0) is 30.0 Å². The molecule has 1 saturated carbocycles. The first kappa shape index (κ1) is 21.2. The van der Waals surface area contributed by atoms with Gasteiger partial charge in [-0.25, -0.2) is 0 Å². The van der Waals surface area contributed by atoms with Gasteiger partial charge >= 0.3 is 0 Å². The van der Waals surface area contributed by atoms with Crippen molar-refractivity contribution in [3.05, 3.63) is 48.6 Å². The van der Waals surface area contributed by atoms with Gasteiger partial charge in [0, 0.05) is 0 Å². The van der Waals surface area contributed by atoms with Crippen LogP contribution in [0, 0.1) is 0 Å². The lowest BCUT2D eigenvalue weighted by Gasteiger charge is -2.62. The maximum absolute atomic E-state index is 11.5. The van der Waals surface area contributed by atoms with Gasteiger partial charge in [0.1, 0.15) is 36.1 Å². The highest BCUT2D eigenvalue weighted by Crippen LogP contribution is 2.50. The lowest BCUT2D eigenvalue weighted by Crippen LogP contribution is -2.81. The molecule has 6 nitrogen and oxygen atoms in total. The Morgan fingerprint density at radius 2 is 1.72 bits per heavy atom. The molecular formula is C22H32O6Si. The quantitative estimate of drug-likeness (QED) is 0.562. The zero-order valence-corrected chi connectivity index (χ0v) is 18.8. The van der Waals surface area contributed by atoms with Gasteiger partial charge in [0.2, 0.25) is 0 Å². The fourth-order valence-corrected chi connectivity index (χ4v) is 5.33. The average molecular weight is 421 g/mol. The zero-order chi connectivity index (χ0) is 21.0. The highest BCUT2D eigenvalue weighted by Gasteiger charge is 2.69. The lowest BCUT2D eigenvalue weighted by molar-refractivity contribution is -0.494. The molecule has 0 aromatic heterocycles. The molecule has 29 heavy (non-hydrogen) atoms. The van der Waals surface area contributed by atoms with E-state index < -0.39 is 44.8 Å². The molecule has 3 saturated heterocycles. The van der Waals surface area contributed by atoms with Gasteiger partial charge < -0.3 is 28.5 Å². The summed E-state index contributed by atoms with van der Waals surface area (Å²) in [4.78, 5) is 0. The minimum atomic E-state index is -2.16. The van der Waals surface area contributed by atoms with Crippen molar-refractivity contribution in [1.82, 2.24) is 0 Å². The van der Waals surface area contributed by atoms with Crippen LogP contribution < -0.4 is 0 Å². The van der Waals surface area contributed by atoms with E-state index in [2.05, 4.69) is 40.4 Å². The van der Waals surface area contributed by atoms with Crippen molar-refractivity contribution >= 4 is 8.32 Å². The fourth-order valence-electron chi connectivity index (χ4n) is 4.04. The van der Waals surface area contributed by atoms with Crippen molar-refractivity contribution in [1.29, 1.82) is 0 Å². The zero-order valence-electron chi connectivity index (χ0n) is 17.8. The maximum Gasteiger partial charge on any atom is 0.273 e. The summed E-state index contributed by atoms with van der Waals surface area (Å²) in [5.74, 6) is 0. The first-order valence-corrected chi connectivity index (χ1v) is 13.1. The first-order valence-electron chi connectivity index (χ1n) is 10.2. The van der Waals surface area contributed by atoms with Gasteiger partial charge in [-0.05, 0) is 23.7 Å². The second-order valence-corrected chi connectivity index (χ2v) is 14.5. The van der Waals surface area contributed by atoms with Crippen LogP contribution in [0.1, 0.15) is 26.3 Å². The second-order valence-electron chi connectivity index (χ2n) is 9.70. The molecule has 5 rings (SSSR count). The minimum Gasteiger partial charge on any atom is -0.408 e. The Morgan fingerprint density at radius 1 is 1.10 bits per heavy atom. The van der Waals surface area contributed by atoms with E-state index >= 15 is 0 Å². The van der Waals surface area contributed by atoms with Gasteiger partial charge in [-0.2, -0.15) is 0 Å². The van der Waals surface area contributed by atoms with Crippen molar-refractivity contribution in [3.63, 3.8) is 0 Å². The third-order valence-electron chi connectivity index (χ3n) is 6.79. The molecule has 7 heteroatoms. The Morgan fingerprint density at radius 3 is 2.31 bits per heavy atom. The van der Waals surface area contributed by atoms with Gasteiger partial charge in [-0.3, -0.25) is 0 Å². The monoisotopic (exact) mass is 420 g/mol. The summed E-state index contributed by atoms with van der Waals surface area (Å²) in [5, 5.41) is 11.5. The molecule has 3 aliphatic heterocycles. The summed E-state index contributed by atoms with van der Waals surface area (Å²) >= 11 is 0. The Labute approximate surface area is 173 Å². The molecule has 7 atom stereocenters. The number of ether oxygens (including phenoxy) is 4. The SMILES string of the molecule is C=C[C@@]1(O)[C@@H]2O[C@@H]3O[C@H]([C@H]2O[Si](C)(C)C(C)(C)C)[C@H](OCc2ccccc2)[C@@H]1O3. The van der Waals surface area contributed by atoms with E-state index in [4.69, 9.17) is 23.4 Å². The summed E-state index contributed by atoms with van der Waals surface area (Å²) in [6.07, 6.45) is -1.06. The van der Waals surface area contributed by atoms with Crippen LogP contribution in [-0.4, -0.2) is 56.0 Å². The molecule has 160 valence electrons. The van der Waals surface area contributed by atoms with Crippen LogP contribution in [0.4, 0.5) is 0 Å². The Balaban J connectivity index is 1.63. The van der Waals surface area contributed by atoms with Gasteiger partial charge in [0.05, 0.1) is 6.61 Å². The van der Waals surface area contributed by atoms with E-state index in [1.54, 1.807) is 0 Å². The summed E-state index contributed by atoms with van der Waals surface area (Å²) in [6, 6.07) is 9.92. The van der Waals surface area contributed by atoms with E-state index in [0.29, 0.717) is 6.61 Å². The number of hydrogen-bond donors (Lipinski definition) is 1. The van der Waals surface area contributed by atoms with Crippen LogP contribution in [0.3, 0.4) is 0 Å². The summed E-state index contributed by atoms with van der Waals surface area (Å²) in [7, 11) is -2.16. The maximum atomic E-state index is 11.5. The average Bonchev–Trinajstić information content (AvgIpc) is 2.67. The topological polar surface area (TPSA) is 66.4 Å². The molecule has 4 fully saturated rings. The summed E-state index contributed by atoms with van der Waals surface area (Å²) < 4.78 is 30.7. The first-order chi connectivity index (χ1) is 13.6. The smallest absolute Gasteiger partial charge is 0.273 e. The van der Waals surface area contributed by atoms with Crippen molar-refractivity contribution in [3.8, 4) is 0 Å². The van der Waals surface area contributed by atoms with Gasteiger partial charge in [0.15, 0.2) is 8.32 Å². The van der Waals surface area contributed by atoms with Crippen LogP contribution >= 0.6 is 0 Å². The second kappa shape index (κ2) is 7.27. The molecule has 0 unspecified atom stereocenters. The molecule has 1 aromatic rings. The highest BCUT2D eigenvalue weighted by molar-refractivity contribution is 6.74. The molecule has 1 N–H and O–H groups in total. The normalized spacial score (nSPS) is 39.0. The molecule has 3 heterocycles. The van der Waals surface area contributed by atoms with Crippen molar-refractivity contribution in [2.45, 2.75) is 88.1 Å². The molecule has 4 bridgehead atoms. The predicted octanol–water partition coefficient (Wildman–Crippen LogP) is 3.36. The number of benzene rings is 1. The largest absolute Gasteiger partial charge is 0.408 e. The van der Waals surface area contributed by atoms with E-state index in [0.717, 1.165) is 5.56 Å². The standard InChI is InChI=1S/C22H32O6Si/c1-7-22(23)18-16(24-13-14-11-9-8-10-12-14)15-17(19(22)27-20(25-15)26-18)28-29(5,6)21(2,3)4/h7-12,15-20,23H,1,13H2,2-6H3/t15-,16-,17+,18-,19+,20+,22-/m0/s1. The highest BCUT2D eigenvalue weighted by atomic mass is 28.4. The predicted molar refractivity (Wildman–Crippen MR) is 111 cm³/mol. The van der Waals surface area contributed by atoms with Crippen LogP contribution in [0.25, 0.3) is 0 Å². The van der Waals surface area contributed by atoms with Crippen LogP contribution in [0.15, 0.2) is 43.0 Å². The number of hydrogen-bond acceptors (Lipinski definition) is 6. The lowest BCUT2D eigenvalue weighted by atomic mass is 9.73. The Kier molecular flexibility index (Phi) is 5.31. The van der Waals surface area contributed by atoms with Crippen molar-refractivity contribution in [2.75, 3.05) is 0 Å². The van der Waals surface area contributed by atoms with E-state index in [1.807, 2.05) is 30.3 Å². The molecule has 0 amide bonds. The molecule has 0 radical (unpaired) electrons. The number of aliphatic hydroxyl groups is 1. The van der Waals surface area contributed by atoms with Gasteiger partial charge in [0.25, 0.3) is 6.48 Å². The van der Waals surface area contributed by atoms with E-state index in [1.165, 1.54) is 6.08 Å². The van der Waals surface area contributed by atoms with Crippen LogP contribution in [0.5, 0.6) is 0 Å². The Hall–Kier alpha value is -1.06. The minimum absolute atomic E-state index is 0.00481. The molecule has 1 aliphatic carbocycles. The molecular weight excluding hydrogens is 388 g/mol. The van der Waals surface area contributed by atoms with Crippen molar-refractivity contribution < 1.29 is 28.5 Å². The summed E-state index contributed by atoms with van der Waals surface area (Å²) in [5.41, 5.74) is -0.368. The molecule has 0 spiro atoms. The van der Waals surface area contributed by atoms with E-state index in [9.17, 15) is 5.11 Å². The van der Waals surface area contributed by atoms with E-state index in [-0.39, 0.29) is 11.1 Å². The van der Waals surface area contributed by atoms with Gasteiger partial charge in [-0.1, -0.05) is 57.2 Å². The third-order valence-corrected chi connectivity index (χ3v) is 11.3. The number of rotatable bonds is 6. The van der Waals surface area contributed by atoms with Crippen molar-refractivity contribution in [2.24, 2.45) is 0 Å². The van der Waals surface area contributed by atoms with Gasteiger partial charge in [-0.15, -0.1) is 6.58 Å². The molecule has 4 aliphatic rings.